The van der Waals surface area contributed by atoms with Crippen molar-refractivity contribution in [2.45, 2.75) is 63.7 Å². The topological polar surface area (TPSA) is 12.0 Å². The van der Waals surface area contributed by atoms with Gasteiger partial charge in [0.25, 0.3) is 0 Å². The largest absolute Gasteiger partial charge is 0.355 e. The minimum absolute atomic E-state index is 0.0120. The lowest BCUT2D eigenvalue weighted by Crippen LogP contribution is -2.19. The van der Waals surface area contributed by atoms with Gasteiger partial charge in [0.2, 0.25) is 0 Å². The van der Waals surface area contributed by atoms with Crippen molar-refractivity contribution < 1.29 is 0 Å². The van der Waals surface area contributed by atoms with E-state index >= 15 is 0 Å². The minimum Gasteiger partial charge on any atom is -0.355 e. The van der Waals surface area contributed by atoms with E-state index in [4.69, 9.17) is 0 Å². The lowest BCUT2D eigenvalue weighted by molar-refractivity contribution is 0.610. The fraction of sp³-hybridized carbons (Fsp3) is 0.294. The van der Waals surface area contributed by atoms with Gasteiger partial charge in [-0.15, -0.1) is 0 Å². The molecule has 0 heterocycles. The Hall–Kier alpha value is -3.32. The highest BCUT2D eigenvalue weighted by Gasteiger charge is 2.42. The maximum absolute atomic E-state index is 3.91. The molecule has 4 aliphatic rings. The Morgan fingerprint density at radius 2 is 1.63 bits per heavy atom. The van der Waals surface area contributed by atoms with Gasteiger partial charge in [-0.1, -0.05) is 100 Å². The monoisotopic (exact) mass is 455 g/mol. The quantitative estimate of drug-likeness (QED) is 0.408. The van der Waals surface area contributed by atoms with Crippen molar-refractivity contribution in [2.24, 2.45) is 0 Å². The maximum atomic E-state index is 3.91. The van der Waals surface area contributed by atoms with Gasteiger partial charge in [0.15, 0.2) is 0 Å². The van der Waals surface area contributed by atoms with E-state index in [1.165, 1.54) is 55.9 Å². The Morgan fingerprint density at radius 3 is 2.49 bits per heavy atom. The van der Waals surface area contributed by atoms with Crippen LogP contribution in [0.4, 0.5) is 5.69 Å². The van der Waals surface area contributed by atoms with Crippen LogP contribution < -0.4 is 5.32 Å². The lowest BCUT2D eigenvalue weighted by atomic mass is 9.78. The predicted octanol–water partition coefficient (Wildman–Crippen LogP) is 8.65. The summed E-state index contributed by atoms with van der Waals surface area (Å²) in [5.41, 5.74) is 15.8. The number of hydrogen-bond acceptors (Lipinski definition) is 1. The number of benzene rings is 3. The predicted molar refractivity (Wildman–Crippen MR) is 148 cm³/mol. The SMILES string of the molecule is CC1(C)C2=CC(Nc3cc4c(c5c3C=CCC5)-c3ccccc3C4(C)C)=CCC2c2ccccc21. The second kappa shape index (κ2) is 7.10. The van der Waals surface area contributed by atoms with Crippen LogP contribution in [0, 0.1) is 0 Å². The Balaban J connectivity index is 1.33. The maximum Gasteiger partial charge on any atom is 0.0463 e. The molecular weight excluding hydrogens is 422 g/mol. The molecular formula is C34H33N. The van der Waals surface area contributed by atoms with Crippen LogP contribution in [-0.2, 0) is 17.3 Å². The van der Waals surface area contributed by atoms with E-state index in [1.54, 1.807) is 5.57 Å². The van der Waals surface area contributed by atoms with E-state index < -0.39 is 0 Å². The Kier molecular flexibility index (Phi) is 4.26. The average Bonchev–Trinajstić information content (AvgIpc) is 3.24. The smallest absolute Gasteiger partial charge is 0.0463 e. The van der Waals surface area contributed by atoms with Crippen molar-refractivity contribution in [1.29, 1.82) is 0 Å². The molecule has 0 bridgehead atoms. The van der Waals surface area contributed by atoms with Crippen molar-refractivity contribution in [1.82, 2.24) is 0 Å². The van der Waals surface area contributed by atoms with Gasteiger partial charge in [-0.3, -0.25) is 0 Å². The third-order valence-corrected chi connectivity index (χ3v) is 9.13. The highest BCUT2D eigenvalue weighted by atomic mass is 14.9. The van der Waals surface area contributed by atoms with E-state index in [-0.39, 0.29) is 10.8 Å². The van der Waals surface area contributed by atoms with E-state index in [0.29, 0.717) is 5.92 Å². The molecule has 0 radical (unpaired) electrons. The standard InChI is InChI=1S/C34H33N/c1-33(2)27-15-9-7-11-22(27)23-18-17-21(19-29(23)33)35-31-20-30-32(25-13-6-5-12-24(25)31)26-14-8-10-16-28(26)34(30,3)4/h5,7-12,14-17,19-20,23,35H,6,13,18H2,1-4H3. The van der Waals surface area contributed by atoms with E-state index in [0.717, 1.165) is 19.3 Å². The molecule has 3 aromatic carbocycles. The summed E-state index contributed by atoms with van der Waals surface area (Å²) < 4.78 is 0. The Bertz CT molecular complexity index is 1490. The molecule has 4 aliphatic carbocycles. The van der Waals surface area contributed by atoms with Gasteiger partial charge in [-0.25, -0.2) is 0 Å². The third kappa shape index (κ3) is 2.82. The molecule has 35 heavy (non-hydrogen) atoms. The first-order chi connectivity index (χ1) is 16.9. The number of fused-ring (bicyclic) bond motifs is 8. The number of anilines is 1. The van der Waals surface area contributed by atoms with Gasteiger partial charge in [0.05, 0.1) is 0 Å². The van der Waals surface area contributed by atoms with Crippen molar-refractivity contribution in [3.63, 3.8) is 0 Å². The van der Waals surface area contributed by atoms with E-state index in [1.807, 2.05) is 0 Å². The van der Waals surface area contributed by atoms with Gasteiger partial charge < -0.3 is 5.32 Å². The molecule has 0 fully saturated rings. The van der Waals surface area contributed by atoms with Gasteiger partial charge in [-0.2, -0.15) is 0 Å². The molecule has 0 amide bonds. The molecule has 174 valence electrons. The van der Waals surface area contributed by atoms with Crippen molar-refractivity contribution in [3.8, 4) is 11.1 Å². The number of nitrogens with one attached hydrogen (secondary N) is 1. The summed E-state index contributed by atoms with van der Waals surface area (Å²) in [7, 11) is 0. The summed E-state index contributed by atoms with van der Waals surface area (Å²) in [6.45, 7) is 9.55. The summed E-state index contributed by atoms with van der Waals surface area (Å²) >= 11 is 0. The summed E-state index contributed by atoms with van der Waals surface area (Å²) in [6, 6.07) is 20.5. The second-order valence-corrected chi connectivity index (χ2v) is 11.7. The molecule has 1 heteroatoms. The zero-order valence-electron chi connectivity index (χ0n) is 21.2. The van der Waals surface area contributed by atoms with E-state index in [9.17, 15) is 0 Å². The number of allylic oxidation sites excluding steroid dienone is 4. The fourth-order valence-electron chi connectivity index (χ4n) is 7.31. The molecule has 0 spiro atoms. The molecule has 7 rings (SSSR count). The Labute approximate surface area is 209 Å². The zero-order valence-corrected chi connectivity index (χ0v) is 21.2. The van der Waals surface area contributed by atoms with Gasteiger partial charge in [-0.05, 0) is 70.3 Å². The molecule has 1 atom stereocenters. The summed E-state index contributed by atoms with van der Waals surface area (Å²) in [4.78, 5) is 0. The number of rotatable bonds is 2. The van der Waals surface area contributed by atoms with Crippen LogP contribution in [0.25, 0.3) is 17.2 Å². The minimum atomic E-state index is 0.0120. The summed E-state index contributed by atoms with van der Waals surface area (Å²) in [6.07, 6.45) is 12.8. The Morgan fingerprint density at radius 1 is 0.857 bits per heavy atom. The first-order valence-corrected chi connectivity index (χ1v) is 13.1. The van der Waals surface area contributed by atoms with Crippen LogP contribution in [0.5, 0.6) is 0 Å². The van der Waals surface area contributed by atoms with Crippen LogP contribution in [-0.4, -0.2) is 0 Å². The lowest BCUT2D eigenvalue weighted by Gasteiger charge is -2.29. The van der Waals surface area contributed by atoms with Crippen LogP contribution in [0.15, 0.2) is 84.1 Å². The van der Waals surface area contributed by atoms with Crippen molar-refractivity contribution in [2.75, 3.05) is 5.32 Å². The van der Waals surface area contributed by atoms with Gasteiger partial charge >= 0.3 is 0 Å². The molecule has 0 saturated carbocycles. The fourth-order valence-corrected chi connectivity index (χ4v) is 7.31. The normalized spacial score (nSPS) is 21.8. The number of hydrogen-bond donors (Lipinski definition) is 1. The van der Waals surface area contributed by atoms with E-state index in [2.05, 4.69) is 112 Å². The highest BCUT2D eigenvalue weighted by Crippen LogP contribution is 2.55. The van der Waals surface area contributed by atoms with Gasteiger partial charge in [0, 0.05) is 33.7 Å². The zero-order chi connectivity index (χ0) is 23.9. The summed E-state index contributed by atoms with van der Waals surface area (Å²) in [5, 5.41) is 3.91. The molecule has 1 N–H and O–H groups in total. The first kappa shape index (κ1) is 21.0. The van der Waals surface area contributed by atoms with Gasteiger partial charge in [0.1, 0.15) is 0 Å². The average molecular weight is 456 g/mol. The molecule has 1 nitrogen and oxygen atoms in total. The van der Waals surface area contributed by atoms with Crippen LogP contribution in [0.2, 0.25) is 0 Å². The van der Waals surface area contributed by atoms with Crippen LogP contribution in [0.3, 0.4) is 0 Å². The summed E-state index contributed by atoms with van der Waals surface area (Å²) in [5.74, 6) is 0.508. The molecule has 0 saturated heterocycles. The molecule has 3 aromatic rings. The van der Waals surface area contributed by atoms with Crippen molar-refractivity contribution in [3.05, 3.63) is 117 Å². The third-order valence-electron chi connectivity index (χ3n) is 9.13. The van der Waals surface area contributed by atoms with Crippen LogP contribution in [0.1, 0.15) is 79.8 Å². The molecule has 0 aromatic heterocycles. The highest BCUT2D eigenvalue weighted by molar-refractivity contribution is 5.90. The van der Waals surface area contributed by atoms with Crippen molar-refractivity contribution >= 4 is 11.8 Å². The molecule has 1 unspecified atom stereocenters. The second-order valence-electron chi connectivity index (χ2n) is 11.7. The first-order valence-electron chi connectivity index (χ1n) is 13.1. The van der Waals surface area contributed by atoms with Crippen LogP contribution >= 0.6 is 0 Å². The molecule has 0 aliphatic heterocycles.